The van der Waals surface area contributed by atoms with Crippen molar-refractivity contribution < 1.29 is 32.5 Å². The summed E-state index contributed by atoms with van der Waals surface area (Å²) in [7, 11) is -18.6. The Bertz CT molecular complexity index is 443. The summed E-state index contributed by atoms with van der Waals surface area (Å²) in [5.74, 6) is 0. The van der Waals surface area contributed by atoms with Crippen LogP contribution >= 0.6 is 31.9 Å². The van der Waals surface area contributed by atoms with E-state index in [4.69, 9.17) is 4.89 Å². The second-order valence-electron chi connectivity index (χ2n) is 3.43. The summed E-state index contributed by atoms with van der Waals surface area (Å²) in [5, 5.41) is 0. The van der Waals surface area contributed by atoms with Gasteiger partial charge >= 0.3 is 31.9 Å². The molecule has 0 aromatic carbocycles. The first-order chi connectivity index (χ1) is 9.92. The van der Waals surface area contributed by atoms with E-state index in [1.54, 1.807) is 9.89 Å². The van der Waals surface area contributed by atoms with E-state index in [-0.39, 0.29) is 6.16 Å². The maximum atomic E-state index is 10.6. The quantitative estimate of drug-likeness (QED) is 0.289. The Morgan fingerprint density at radius 2 is 1.18 bits per heavy atom. The second kappa shape index (κ2) is 8.09. The molecule has 0 saturated heterocycles. The molecule has 22 heavy (non-hydrogen) atoms. The average Bonchev–Trinajstić information content (AvgIpc) is 2.46. The van der Waals surface area contributed by atoms with Crippen molar-refractivity contribution in [2.24, 2.45) is 19.8 Å². The van der Waals surface area contributed by atoms with Crippen LogP contribution in [0.1, 0.15) is 6.92 Å². The molecule has 0 spiro atoms. The highest BCUT2D eigenvalue weighted by molar-refractivity contribution is 7.82. The molecule has 3 atom stereocenters. The normalized spacial score (nSPS) is 20.1. The largest absolute Gasteiger partial charge is 0.685 e. The fraction of sp³-hybridized carbons (Fsp3) is 1.00. The van der Waals surface area contributed by atoms with Crippen molar-refractivity contribution in [3.05, 3.63) is 19.6 Å². The molecule has 19 heteroatoms. The third-order valence-corrected chi connectivity index (χ3v) is 9.42. The highest BCUT2D eigenvalue weighted by Crippen LogP contribution is 2.85. The first-order valence-corrected chi connectivity index (χ1v) is 11.8. The third-order valence-electron chi connectivity index (χ3n) is 1.72. The van der Waals surface area contributed by atoms with Gasteiger partial charge in [-0.25, -0.2) is 4.89 Å². The van der Waals surface area contributed by atoms with Crippen LogP contribution in [0, 0.1) is 19.6 Å². The van der Waals surface area contributed by atoms with Gasteiger partial charge in [0.15, 0.2) is 9.89 Å². The van der Waals surface area contributed by atoms with Crippen LogP contribution in [0.5, 0.6) is 0 Å². The first-order valence-electron chi connectivity index (χ1n) is 4.90. The van der Waals surface area contributed by atoms with Crippen LogP contribution < -0.4 is 0 Å². The molecule has 0 fully saturated rings. The van der Waals surface area contributed by atoms with Gasteiger partial charge in [0.1, 0.15) is 12.8 Å². The molecule has 0 saturated carbocycles. The molecule has 0 aliphatic rings. The van der Waals surface area contributed by atoms with Crippen LogP contribution in [0.15, 0.2) is 19.8 Å². The van der Waals surface area contributed by atoms with Gasteiger partial charge in [0.2, 0.25) is 9.89 Å². The minimum atomic E-state index is -5.27. The van der Waals surface area contributed by atoms with Gasteiger partial charge in [-0.05, 0) is 6.92 Å². The molecule has 3 unspecified atom stereocenters. The van der Waals surface area contributed by atoms with Crippen LogP contribution in [0.3, 0.4) is 0 Å². The second-order valence-corrected chi connectivity index (χ2v) is 11.8. The van der Waals surface area contributed by atoms with Crippen molar-refractivity contribution in [1.29, 1.82) is 0 Å². The Balaban J connectivity index is 5.39. The SMILES string of the molecule is CC[P+](C)(O)O[P+](O)(N=O)O[P+](O)(N=O)O[P+](O)(N=O)N=O. The van der Waals surface area contributed by atoms with Gasteiger partial charge in [-0.2, -0.15) is 14.7 Å². The zero-order valence-corrected chi connectivity index (χ0v) is 14.5. The highest BCUT2D eigenvalue weighted by Gasteiger charge is 2.78. The number of rotatable bonds is 11. The van der Waals surface area contributed by atoms with Crippen LogP contribution in [0.25, 0.3) is 0 Å². The van der Waals surface area contributed by atoms with Gasteiger partial charge in [-0.15, -0.1) is 9.81 Å². The standard InChI is InChI=1S/C3H12N4O11P4/c1-3-19(2,12)16-21(14,6-10)18-22(15,7-11)17-20(13,4-8)5-9/h12-15H,3H2,1-2H3/q+4. The highest BCUT2D eigenvalue weighted by atomic mass is 31.3. The molecule has 0 radical (unpaired) electrons. The molecule has 0 aromatic heterocycles. The molecule has 15 nitrogen and oxygen atoms in total. The van der Waals surface area contributed by atoms with Gasteiger partial charge in [-0.1, -0.05) is 9.81 Å². The summed E-state index contributed by atoms with van der Waals surface area (Å²) in [5.41, 5.74) is 0. The topological polar surface area (TPSA) is 226 Å². The Labute approximate surface area is 124 Å². The molecule has 4 N–H and O–H groups in total. The predicted octanol–water partition coefficient (Wildman–Crippen LogP) is 2.60. The van der Waals surface area contributed by atoms with E-state index in [1.165, 1.54) is 6.92 Å². The molecular formula is C3H12N4O11P4+4. The lowest BCUT2D eigenvalue weighted by molar-refractivity contribution is 0.283. The van der Waals surface area contributed by atoms with E-state index < -0.39 is 31.9 Å². The Morgan fingerprint density at radius 1 is 0.773 bits per heavy atom. The summed E-state index contributed by atoms with van der Waals surface area (Å²) in [6, 6.07) is 0. The smallest absolute Gasteiger partial charge is 0.216 e. The fourth-order valence-electron chi connectivity index (χ4n) is 0.702. The molecule has 0 aromatic rings. The Kier molecular flexibility index (Phi) is 8.03. The minimum absolute atomic E-state index is 0.0802. The van der Waals surface area contributed by atoms with E-state index in [0.717, 1.165) is 6.66 Å². The first kappa shape index (κ1) is 21.8. The van der Waals surface area contributed by atoms with Crippen molar-refractivity contribution in [3.8, 4) is 0 Å². The summed E-state index contributed by atoms with van der Waals surface area (Å²) in [6.45, 7) is 2.50. The lowest BCUT2D eigenvalue weighted by Crippen LogP contribution is -2.06. The van der Waals surface area contributed by atoms with Crippen LogP contribution in [-0.4, -0.2) is 32.4 Å². The molecular weight excluding hydrogens is 392 g/mol. The molecule has 0 amide bonds. The molecule has 126 valence electrons. The van der Waals surface area contributed by atoms with Crippen molar-refractivity contribution in [3.63, 3.8) is 0 Å². The molecule has 0 aliphatic carbocycles. The monoisotopic (exact) mass is 404 g/mol. The summed E-state index contributed by atoms with van der Waals surface area (Å²) < 4.78 is 12.6. The van der Waals surface area contributed by atoms with Crippen LogP contribution in [-0.2, 0) is 12.9 Å². The number of hydrogen-bond acceptors (Lipinski definition) is 15. The van der Waals surface area contributed by atoms with Gasteiger partial charge in [0.25, 0.3) is 0 Å². The molecule has 0 heterocycles. The van der Waals surface area contributed by atoms with E-state index >= 15 is 0 Å². The average molecular weight is 404 g/mol. The maximum Gasteiger partial charge on any atom is 0.685 e. The van der Waals surface area contributed by atoms with Crippen molar-refractivity contribution in [1.82, 2.24) is 0 Å². The summed E-state index contributed by atoms with van der Waals surface area (Å²) in [6.07, 6.45) is -0.0802. The van der Waals surface area contributed by atoms with E-state index in [1.807, 2.05) is 9.89 Å². The van der Waals surface area contributed by atoms with Crippen LogP contribution in [0.4, 0.5) is 0 Å². The summed E-state index contributed by atoms with van der Waals surface area (Å²) in [4.78, 5) is 86.9. The van der Waals surface area contributed by atoms with E-state index in [2.05, 4.69) is 12.9 Å². The lowest BCUT2D eigenvalue weighted by Gasteiger charge is -2.10. The van der Waals surface area contributed by atoms with E-state index in [9.17, 15) is 34.3 Å². The van der Waals surface area contributed by atoms with Crippen molar-refractivity contribution >= 4 is 31.9 Å². The Morgan fingerprint density at radius 3 is 1.50 bits per heavy atom. The maximum absolute atomic E-state index is 10.6. The van der Waals surface area contributed by atoms with Gasteiger partial charge in [-0.3, -0.25) is 0 Å². The van der Waals surface area contributed by atoms with Crippen molar-refractivity contribution in [2.45, 2.75) is 6.92 Å². The number of nitroso groups, excluding NO2 is 4. The van der Waals surface area contributed by atoms with Crippen molar-refractivity contribution in [2.75, 3.05) is 12.8 Å². The van der Waals surface area contributed by atoms with Gasteiger partial charge < -0.3 is 0 Å². The molecule has 0 bridgehead atoms. The third kappa shape index (κ3) is 6.53. The van der Waals surface area contributed by atoms with Gasteiger partial charge in [0, 0.05) is 4.31 Å². The number of nitrogens with zero attached hydrogens (tertiary/aromatic N) is 4. The lowest BCUT2D eigenvalue weighted by atomic mass is 11.0. The zero-order valence-electron chi connectivity index (χ0n) is 10.9. The zero-order chi connectivity index (χ0) is 17.7. The minimum Gasteiger partial charge on any atom is -0.216 e. The fourth-order valence-corrected chi connectivity index (χ4v) is 6.77. The van der Waals surface area contributed by atoms with Gasteiger partial charge in [0.05, 0.1) is 8.62 Å². The Hall–Kier alpha value is -0.160. The summed E-state index contributed by atoms with van der Waals surface area (Å²) >= 11 is 0. The molecule has 0 aliphatic heterocycles. The molecule has 0 rings (SSSR count). The van der Waals surface area contributed by atoms with E-state index in [0.29, 0.717) is 0 Å². The number of hydrogen-bond donors (Lipinski definition) is 4. The predicted molar refractivity (Wildman–Crippen MR) is 79.5 cm³/mol. The van der Waals surface area contributed by atoms with Crippen LogP contribution in [0.2, 0.25) is 0 Å².